The summed E-state index contributed by atoms with van der Waals surface area (Å²) in [6.45, 7) is 3.89. The molecule has 1 unspecified atom stereocenters. The summed E-state index contributed by atoms with van der Waals surface area (Å²) in [5.74, 6) is 0.832. The monoisotopic (exact) mass is 388 g/mol. The number of carbonyl (C=O) groups excluding carboxylic acids is 2. The molecule has 1 N–H and O–H groups in total. The van der Waals surface area contributed by atoms with Crippen molar-refractivity contribution in [2.75, 3.05) is 26.7 Å². The number of hydrogen-bond donors (Lipinski definition) is 1. The number of nitrogens with zero attached hydrogens (tertiary/aromatic N) is 1. The predicted octanol–water partition coefficient (Wildman–Crippen LogP) is 3.50. The van der Waals surface area contributed by atoms with Crippen molar-refractivity contribution < 1.29 is 14.3 Å². The Kier molecular flexibility index (Phi) is 7.39. The van der Waals surface area contributed by atoms with Crippen LogP contribution in [0, 0.1) is 0 Å². The van der Waals surface area contributed by atoms with E-state index in [1.165, 1.54) is 0 Å². The van der Waals surface area contributed by atoms with Crippen molar-refractivity contribution in [2.24, 2.45) is 0 Å². The van der Waals surface area contributed by atoms with Crippen molar-refractivity contribution in [3.05, 3.63) is 65.2 Å². The zero-order valence-electron chi connectivity index (χ0n) is 15.6. The Morgan fingerprint density at radius 3 is 2.44 bits per heavy atom. The van der Waals surface area contributed by atoms with E-state index in [1.54, 1.807) is 31.4 Å². The van der Waals surface area contributed by atoms with Crippen LogP contribution in [0.5, 0.6) is 5.75 Å². The second-order valence-electron chi connectivity index (χ2n) is 6.31. The van der Waals surface area contributed by atoms with Crippen molar-refractivity contribution in [2.45, 2.75) is 19.4 Å². The molecule has 1 atom stereocenters. The van der Waals surface area contributed by atoms with E-state index in [0.29, 0.717) is 30.6 Å². The highest BCUT2D eigenvalue weighted by Gasteiger charge is 2.30. The molecule has 0 aliphatic carbocycles. The van der Waals surface area contributed by atoms with Crippen molar-refractivity contribution >= 4 is 24.1 Å². The quantitative estimate of drug-likeness (QED) is 0.796. The molecule has 3 rings (SSSR count). The summed E-state index contributed by atoms with van der Waals surface area (Å²) in [6, 6.07) is 14.7. The molecular weight excluding hydrogens is 364 g/mol. The van der Waals surface area contributed by atoms with Crippen LogP contribution in [0.2, 0.25) is 0 Å². The molecule has 1 aliphatic rings. The lowest BCUT2D eigenvalue weighted by Gasteiger charge is -2.37. The third kappa shape index (κ3) is 4.49. The number of carbonyl (C=O) groups is 2. The molecule has 144 valence electrons. The number of piperazine rings is 1. The molecule has 1 fully saturated rings. The average molecular weight is 389 g/mol. The number of hydrogen-bond acceptors (Lipinski definition) is 4. The molecule has 27 heavy (non-hydrogen) atoms. The fourth-order valence-electron chi connectivity index (χ4n) is 3.34. The van der Waals surface area contributed by atoms with Gasteiger partial charge >= 0.3 is 0 Å². The van der Waals surface area contributed by atoms with E-state index in [0.717, 1.165) is 17.9 Å². The van der Waals surface area contributed by atoms with Gasteiger partial charge in [-0.05, 0) is 18.2 Å². The third-order valence-electron chi connectivity index (χ3n) is 4.78. The molecule has 2 aromatic rings. The predicted molar refractivity (Wildman–Crippen MR) is 108 cm³/mol. The Bertz CT molecular complexity index is 792. The van der Waals surface area contributed by atoms with E-state index in [-0.39, 0.29) is 30.1 Å². The lowest BCUT2D eigenvalue weighted by atomic mass is 10.00. The average Bonchev–Trinajstić information content (AvgIpc) is 2.72. The maximum absolute atomic E-state index is 13.1. The van der Waals surface area contributed by atoms with Gasteiger partial charge in [0, 0.05) is 42.7 Å². The number of amides is 1. The van der Waals surface area contributed by atoms with Gasteiger partial charge in [0.25, 0.3) is 5.91 Å². The van der Waals surface area contributed by atoms with Crippen LogP contribution in [0.15, 0.2) is 48.5 Å². The summed E-state index contributed by atoms with van der Waals surface area (Å²) in [7, 11) is 1.64. The summed E-state index contributed by atoms with van der Waals surface area (Å²) in [5.41, 5.74) is 2.23. The first kappa shape index (κ1) is 20.9. The maximum atomic E-state index is 13.1. The fraction of sp³-hybridized carbons (Fsp3) is 0.333. The van der Waals surface area contributed by atoms with Gasteiger partial charge in [0.2, 0.25) is 0 Å². The van der Waals surface area contributed by atoms with Gasteiger partial charge in [0.05, 0.1) is 13.2 Å². The molecule has 0 spiro atoms. The lowest BCUT2D eigenvalue weighted by molar-refractivity contribution is 0.0631. The molecule has 6 heteroatoms. The summed E-state index contributed by atoms with van der Waals surface area (Å²) in [5, 5.41) is 3.36. The van der Waals surface area contributed by atoms with Gasteiger partial charge in [-0.2, -0.15) is 0 Å². The zero-order valence-corrected chi connectivity index (χ0v) is 16.4. The van der Waals surface area contributed by atoms with E-state index >= 15 is 0 Å². The first-order valence-corrected chi connectivity index (χ1v) is 8.93. The zero-order chi connectivity index (χ0) is 18.5. The summed E-state index contributed by atoms with van der Waals surface area (Å²) < 4.78 is 5.48. The topological polar surface area (TPSA) is 58.6 Å². The van der Waals surface area contributed by atoms with Gasteiger partial charge in [0.1, 0.15) is 5.75 Å². The van der Waals surface area contributed by atoms with Gasteiger partial charge in [-0.15, -0.1) is 12.4 Å². The van der Waals surface area contributed by atoms with Crippen LogP contribution in [-0.2, 0) is 0 Å². The molecule has 1 amide bonds. The number of para-hydroxylation sites is 1. The molecule has 0 radical (unpaired) electrons. The summed E-state index contributed by atoms with van der Waals surface area (Å²) in [4.78, 5) is 26.8. The molecule has 5 nitrogen and oxygen atoms in total. The van der Waals surface area contributed by atoms with Crippen LogP contribution in [0.1, 0.15) is 45.7 Å². The van der Waals surface area contributed by atoms with E-state index < -0.39 is 0 Å². The normalized spacial score (nSPS) is 16.4. The highest BCUT2D eigenvalue weighted by Crippen LogP contribution is 2.31. The first-order chi connectivity index (χ1) is 12.7. The number of Topliss-reactive ketones (excluding diaryl/α,β-unsaturated/α-hetero) is 1. The first-order valence-electron chi connectivity index (χ1n) is 8.93. The Morgan fingerprint density at radius 2 is 1.78 bits per heavy atom. The van der Waals surface area contributed by atoms with E-state index in [9.17, 15) is 9.59 Å². The number of ether oxygens (including phenoxy) is 1. The molecule has 1 saturated heterocycles. The van der Waals surface area contributed by atoms with Crippen LogP contribution in [0.25, 0.3) is 0 Å². The second-order valence-corrected chi connectivity index (χ2v) is 6.31. The maximum Gasteiger partial charge on any atom is 0.254 e. The van der Waals surface area contributed by atoms with Gasteiger partial charge in [-0.3, -0.25) is 9.59 Å². The summed E-state index contributed by atoms with van der Waals surface area (Å²) >= 11 is 0. The van der Waals surface area contributed by atoms with E-state index in [4.69, 9.17) is 4.74 Å². The Morgan fingerprint density at radius 1 is 1.11 bits per heavy atom. The number of rotatable bonds is 5. The van der Waals surface area contributed by atoms with Crippen LogP contribution in [-0.4, -0.2) is 43.3 Å². The number of methoxy groups -OCH3 is 1. The number of halogens is 1. The molecular formula is C21H25ClN2O3. The fourth-order valence-corrected chi connectivity index (χ4v) is 3.34. The molecule has 2 aromatic carbocycles. The van der Waals surface area contributed by atoms with Gasteiger partial charge in [-0.1, -0.05) is 37.3 Å². The van der Waals surface area contributed by atoms with Crippen LogP contribution >= 0.6 is 12.4 Å². The van der Waals surface area contributed by atoms with Gasteiger partial charge in [-0.25, -0.2) is 0 Å². The van der Waals surface area contributed by atoms with Gasteiger partial charge < -0.3 is 15.0 Å². The highest BCUT2D eigenvalue weighted by atomic mass is 35.5. The minimum atomic E-state index is -0.0932. The van der Waals surface area contributed by atoms with E-state index in [1.807, 2.05) is 36.1 Å². The minimum Gasteiger partial charge on any atom is -0.496 e. The molecule has 0 aromatic heterocycles. The summed E-state index contributed by atoms with van der Waals surface area (Å²) in [6.07, 6.45) is 0.459. The largest absolute Gasteiger partial charge is 0.496 e. The van der Waals surface area contributed by atoms with Crippen LogP contribution < -0.4 is 10.1 Å². The van der Waals surface area contributed by atoms with Crippen molar-refractivity contribution in [1.82, 2.24) is 10.2 Å². The number of ketones is 1. The Balaban J connectivity index is 0.00000261. The number of benzene rings is 2. The molecule has 0 bridgehead atoms. The van der Waals surface area contributed by atoms with Crippen LogP contribution in [0.3, 0.4) is 0 Å². The van der Waals surface area contributed by atoms with Gasteiger partial charge in [0.15, 0.2) is 5.78 Å². The standard InChI is InChI=1S/C21H24N2O3.ClH/c1-3-19(24)15-8-10-16(11-9-15)21(25)23-13-12-22-14-18(23)17-6-4-5-7-20(17)26-2;/h4-11,18,22H,3,12-14H2,1-2H3;1H. The molecule has 1 aliphatic heterocycles. The number of nitrogens with one attached hydrogen (secondary N) is 1. The van der Waals surface area contributed by atoms with Crippen molar-refractivity contribution in [1.29, 1.82) is 0 Å². The second kappa shape index (κ2) is 9.53. The van der Waals surface area contributed by atoms with Crippen molar-refractivity contribution in [3.63, 3.8) is 0 Å². The Hall–Kier alpha value is -2.37. The lowest BCUT2D eigenvalue weighted by Crippen LogP contribution is -2.48. The molecule has 1 heterocycles. The molecule has 0 saturated carbocycles. The van der Waals surface area contributed by atoms with E-state index in [2.05, 4.69) is 5.32 Å². The smallest absolute Gasteiger partial charge is 0.254 e. The highest BCUT2D eigenvalue weighted by molar-refractivity contribution is 5.98. The van der Waals surface area contributed by atoms with Crippen LogP contribution in [0.4, 0.5) is 0 Å². The van der Waals surface area contributed by atoms with Crippen molar-refractivity contribution in [3.8, 4) is 5.75 Å². The SMILES string of the molecule is CCC(=O)c1ccc(C(=O)N2CCNCC2c2ccccc2OC)cc1.Cl. The third-order valence-corrected chi connectivity index (χ3v) is 4.78. The Labute approximate surface area is 166 Å². The minimum absolute atomic E-state index is 0.